The van der Waals surface area contributed by atoms with Gasteiger partial charge in [-0.05, 0) is 54.7 Å². The number of methoxy groups -OCH3 is 1. The van der Waals surface area contributed by atoms with Crippen molar-refractivity contribution in [1.29, 1.82) is 0 Å². The fourth-order valence-corrected chi connectivity index (χ4v) is 2.55. The number of benzene rings is 2. The van der Waals surface area contributed by atoms with Crippen LogP contribution in [0.5, 0.6) is 5.75 Å². The van der Waals surface area contributed by atoms with Crippen LogP contribution in [0.25, 0.3) is 0 Å². The van der Waals surface area contributed by atoms with Crippen molar-refractivity contribution in [3.8, 4) is 5.75 Å². The van der Waals surface area contributed by atoms with Crippen LogP contribution >= 0.6 is 0 Å². The quantitative estimate of drug-likeness (QED) is 0.833. The molecular weight excluding hydrogens is 290 g/mol. The average molecular weight is 313 g/mol. The van der Waals surface area contributed by atoms with Crippen LogP contribution in [0.4, 0.5) is 0 Å². The molecule has 4 heteroatoms. The van der Waals surface area contributed by atoms with E-state index in [4.69, 9.17) is 10.5 Å². The van der Waals surface area contributed by atoms with Crippen LogP contribution in [0.15, 0.2) is 42.5 Å². The number of esters is 1. The highest BCUT2D eigenvalue weighted by atomic mass is 16.5. The molecule has 2 rings (SSSR count). The minimum atomic E-state index is -0.645. The highest BCUT2D eigenvalue weighted by Crippen LogP contribution is 2.24. The Hall–Kier alpha value is -2.33. The zero-order valence-corrected chi connectivity index (χ0v) is 13.8. The summed E-state index contributed by atoms with van der Waals surface area (Å²) in [6, 6.07) is 13.3. The van der Waals surface area contributed by atoms with Gasteiger partial charge in [-0.3, -0.25) is 4.79 Å². The molecule has 2 N–H and O–H groups in total. The Bertz CT molecular complexity index is 645. The molecule has 2 aromatic rings. The fourth-order valence-electron chi connectivity index (χ4n) is 2.55. The highest BCUT2D eigenvalue weighted by Gasteiger charge is 2.17. The van der Waals surface area contributed by atoms with Crippen molar-refractivity contribution in [2.24, 2.45) is 5.73 Å². The third-order valence-electron chi connectivity index (χ3n) is 3.85. The topological polar surface area (TPSA) is 61.5 Å². The predicted octanol–water partition coefficient (Wildman–Crippen LogP) is 2.93. The maximum atomic E-state index is 11.5. The number of hydrogen-bond acceptors (Lipinski definition) is 4. The minimum Gasteiger partial charge on any atom is -0.489 e. The second-order valence-electron chi connectivity index (χ2n) is 5.64. The van der Waals surface area contributed by atoms with Gasteiger partial charge in [0.2, 0.25) is 0 Å². The van der Waals surface area contributed by atoms with E-state index in [1.165, 1.54) is 7.11 Å². The summed E-state index contributed by atoms with van der Waals surface area (Å²) < 4.78 is 10.5. The second-order valence-corrected chi connectivity index (χ2v) is 5.64. The normalized spacial score (nSPS) is 11.8. The van der Waals surface area contributed by atoms with Crippen LogP contribution in [-0.2, 0) is 22.6 Å². The zero-order chi connectivity index (χ0) is 16.8. The maximum absolute atomic E-state index is 11.5. The molecule has 23 heavy (non-hydrogen) atoms. The van der Waals surface area contributed by atoms with Crippen molar-refractivity contribution >= 4 is 5.97 Å². The molecule has 0 spiro atoms. The van der Waals surface area contributed by atoms with Crippen LogP contribution in [0, 0.1) is 13.8 Å². The van der Waals surface area contributed by atoms with Gasteiger partial charge in [0, 0.05) is 0 Å². The van der Waals surface area contributed by atoms with Gasteiger partial charge in [-0.15, -0.1) is 0 Å². The average Bonchev–Trinajstić information content (AvgIpc) is 2.56. The summed E-state index contributed by atoms with van der Waals surface area (Å²) in [5.74, 6) is 0.424. The second kappa shape index (κ2) is 7.79. The molecular formula is C19H23NO3. The van der Waals surface area contributed by atoms with E-state index < -0.39 is 12.0 Å². The minimum absolute atomic E-state index is 0.395. The van der Waals surface area contributed by atoms with Crippen molar-refractivity contribution in [3.63, 3.8) is 0 Å². The molecule has 0 bridgehead atoms. The number of rotatable bonds is 6. The van der Waals surface area contributed by atoms with Crippen molar-refractivity contribution < 1.29 is 14.3 Å². The van der Waals surface area contributed by atoms with Crippen LogP contribution in [0.1, 0.15) is 22.3 Å². The summed E-state index contributed by atoms with van der Waals surface area (Å²) >= 11 is 0. The molecule has 0 aromatic heterocycles. The number of aryl methyl sites for hydroxylation is 2. The van der Waals surface area contributed by atoms with E-state index in [2.05, 4.69) is 4.74 Å². The van der Waals surface area contributed by atoms with Crippen LogP contribution in [-0.4, -0.2) is 19.1 Å². The molecule has 0 fully saturated rings. The summed E-state index contributed by atoms with van der Waals surface area (Å²) in [7, 11) is 1.35. The van der Waals surface area contributed by atoms with E-state index in [1.807, 2.05) is 56.3 Å². The summed E-state index contributed by atoms with van der Waals surface area (Å²) in [6.07, 6.45) is 0.462. The first-order valence-corrected chi connectivity index (χ1v) is 7.61. The SMILES string of the molecule is COC(=O)[C@@H](N)Cc1c(C)cc(OCc2ccccc2)cc1C. The Morgan fingerprint density at radius 3 is 2.30 bits per heavy atom. The van der Waals surface area contributed by atoms with Gasteiger partial charge in [-0.1, -0.05) is 30.3 Å². The number of nitrogens with two attached hydrogens (primary N) is 1. The maximum Gasteiger partial charge on any atom is 0.322 e. The molecule has 0 aliphatic rings. The van der Waals surface area contributed by atoms with E-state index >= 15 is 0 Å². The van der Waals surface area contributed by atoms with Gasteiger partial charge in [0.15, 0.2) is 0 Å². The largest absolute Gasteiger partial charge is 0.489 e. The van der Waals surface area contributed by atoms with Crippen LogP contribution in [0.3, 0.4) is 0 Å². The number of carbonyl (C=O) groups excluding carboxylic acids is 1. The number of hydrogen-bond donors (Lipinski definition) is 1. The molecule has 4 nitrogen and oxygen atoms in total. The predicted molar refractivity (Wildman–Crippen MR) is 90.4 cm³/mol. The molecule has 0 saturated carbocycles. The van der Waals surface area contributed by atoms with Crippen molar-refractivity contribution in [2.45, 2.75) is 32.9 Å². The fraction of sp³-hybridized carbons (Fsp3) is 0.316. The van der Waals surface area contributed by atoms with Gasteiger partial charge in [-0.2, -0.15) is 0 Å². The lowest BCUT2D eigenvalue weighted by molar-refractivity contribution is -0.142. The summed E-state index contributed by atoms with van der Waals surface area (Å²) in [4.78, 5) is 11.5. The molecule has 0 radical (unpaired) electrons. The zero-order valence-electron chi connectivity index (χ0n) is 13.8. The summed E-state index contributed by atoms with van der Waals surface area (Å²) in [6.45, 7) is 4.53. The molecule has 0 saturated heterocycles. The van der Waals surface area contributed by atoms with E-state index in [1.54, 1.807) is 0 Å². The lowest BCUT2D eigenvalue weighted by Gasteiger charge is -2.16. The van der Waals surface area contributed by atoms with E-state index in [0.29, 0.717) is 13.0 Å². The van der Waals surface area contributed by atoms with E-state index in [0.717, 1.165) is 28.0 Å². The van der Waals surface area contributed by atoms with E-state index in [9.17, 15) is 4.79 Å². The first-order valence-electron chi connectivity index (χ1n) is 7.61. The Kier molecular flexibility index (Phi) is 5.77. The van der Waals surface area contributed by atoms with Crippen molar-refractivity contribution in [3.05, 3.63) is 64.7 Å². The molecule has 122 valence electrons. The van der Waals surface area contributed by atoms with Crippen molar-refractivity contribution in [2.75, 3.05) is 7.11 Å². The van der Waals surface area contributed by atoms with E-state index in [-0.39, 0.29) is 0 Å². The van der Waals surface area contributed by atoms with Gasteiger partial charge in [0.05, 0.1) is 7.11 Å². The van der Waals surface area contributed by atoms with Gasteiger partial charge in [0.25, 0.3) is 0 Å². The highest BCUT2D eigenvalue weighted by molar-refractivity contribution is 5.75. The summed E-state index contributed by atoms with van der Waals surface area (Å²) in [5.41, 5.74) is 10.2. The molecule has 2 aromatic carbocycles. The number of carbonyl (C=O) groups is 1. The Morgan fingerprint density at radius 2 is 1.74 bits per heavy atom. The third kappa shape index (κ3) is 4.57. The van der Waals surface area contributed by atoms with Crippen LogP contribution < -0.4 is 10.5 Å². The lowest BCUT2D eigenvalue weighted by Crippen LogP contribution is -2.34. The smallest absolute Gasteiger partial charge is 0.322 e. The van der Waals surface area contributed by atoms with Gasteiger partial charge >= 0.3 is 5.97 Å². The molecule has 0 unspecified atom stereocenters. The molecule has 0 aliphatic carbocycles. The Morgan fingerprint density at radius 1 is 1.13 bits per heavy atom. The van der Waals surface area contributed by atoms with Gasteiger partial charge < -0.3 is 15.2 Å². The standard InChI is InChI=1S/C19H23NO3/c1-13-9-16(23-12-15-7-5-4-6-8-15)10-14(2)17(13)11-18(20)19(21)22-3/h4-10,18H,11-12,20H2,1-3H3/t18-/m0/s1. The molecule has 0 amide bonds. The monoisotopic (exact) mass is 313 g/mol. The molecule has 1 atom stereocenters. The molecule has 0 heterocycles. The Labute approximate surface area is 137 Å². The van der Waals surface area contributed by atoms with Gasteiger partial charge in [0.1, 0.15) is 18.4 Å². The molecule has 0 aliphatic heterocycles. The summed E-state index contributed by atoms with van der Waals surface area (Å²) in [5, 5.41) is 0. The van der Waals surface area contributed by atoms with Crippen molar-refractivity contribution in [1.82, 2.24) is 0 Å². The first kappa shape index (κ1) is 17.0. The van der Waals surface area contributed by atoms with Gasteiger partial charge in [-0.25, -0.2) is 0 Å². The lowest BCUT2D eigenvalue weighted by atomic mass is 9.96. The first-order chi connectivity index (χ1) is 11.0. The third-order valence-corrected chi connectivity index (χ3v) is 3.85. The Balaban J connectivity index is 2.09. The van der Waals surface area contributed by atoms with Crippen LogP contribution in [0.2, 0.25) is 0 Å². The number of ether oxygens (including phenoxy) is 2.